The Kier molecular flexibility index (Phi) is 5.60. The SMILES string of the molecule is COCC1(OCc2ccccc2F)CC2CCC(C1)N2.Cl. The van der Waals surface area contributed by atoms with Crippen LogP contribution < -0.4 is 5.32 Å². The van der Waals surface area contributed by atoms with Gasteiger partial charge in [-0.05, 0) is 31.7 Å². The Morgan fingerprint density at radius 2 is 1.90 bits per heavy atom. The minimum atomic E-state index is -0.270. The highest BCUT2D eigenvalue weighted by atomic mass is 35.5. The smallest absolute Gasteiger partial charge is 0.128 e. The Labute approximate surface area is 131 Å². The van der Waals surface area contributed by atoms with Crippen molar-refractivity contribution in [3.63, 3.8) is 0 Å². The predicted molar refractivity (Wildman–Crippen MR) is 82.2 cm³/mol. The van der Waals surface area contributed by atoms with Crippen molar-refractivity contribution in [1.29, 1.82) is 0 Å². The number of piperidine rings is 1. The number of rotatable bonds is 5. The van der Waals surface area contributed by atoms with Crippen molar-refractivity contribution in [3.8, 4) is 0 Å². The first-order valence-corrected chi connectivity index (χ1v) is 7.33. The molecule has 118 valence electrons. The van der Waals surface area contributed by atoms with Crippen LogP contribution in [0.1, 0.15) is 31.2 Å². The summed E-state index contributed by atoms with van der Waals surface area (Å²) in [5.41, 5.74) is 0.350. The summed E-state index contributed by atoms with van der Waals surface area (Å²) in [4.78, 5) is 0. The third-order valence-corrected chi connectivity index (χ3v) is 4.47. The van der Waals surface area contributed by atoms with Gasteiger partial charge in [0.25, 0.3) is 0 Å². The zero-order valence-electron chi connectivity index (χ0n) is 12.3. The molecule has 0 aliphatic carbocycles. The molecule has 0 amide bonds. The summed E-state index contributed by atoms with van der Waals surface area (Å²) in [6, 6.07) is 7.85. The van der Waals surface area contributed by atoms with Crippen LogP contribution in [0.5, 0.6) is 0 Å². The number of fused-ring (bicyclic) bond motifs is 2. The van der Waals surface area contributed by atoms with Gasteiger partial charge in [0.1, 0.15) is 5.82 Å². The van der Waals surface area contributed by atoms with E-state index in [1.165, 1.54) is 18.9 Å². The van der Waals surface area contributed by atoms with E-state index in [9.17, 15) is 4.39 Å². The van der Waals surface area contributed by atoms with Crippen molar-refractivity contribution >= 4 is 12.4 Å². The standard InChI is InChI=1S/C16H22FNO2.ClH/c1-19-11-16(8-13-6-7-14(9-16)18-13)20-10-12-4-2-3-5-15(12)17;/h2-5,13-14,18H,6-11H2,1H3;1H. The van der Waals surface area contributed by atoms with Crippen molar-refractivity contribution in [2.45, 2.75) is 50.0 Å². The third kappa shape index (κ3) is 3.75. The molecule has 2 unspecified atom stereocenters. The molecule has 21 heavy (non-hydrogen) atoms. The molecule has 5 heteroatoms. The van der Waals surface area contributed by atoms with E-state index in [1.54, 1.807) is 19.2 Å². The first kappa shape index (κ1) is 16.7. The van der Waals surface area contributed by atoms with Gasteiger partial charge in [0, 0.05) is 24.8 Å². The molecule has 2 aliphatic rings. The quantitative estimate of drug-likeness (QED) is 0.906. The van der Waals surface area contributed by atoms with E-state index >= 15 is 0 Å². The largest absolute Gasteiger partial charge is 0.382 e. The number of methoxy groups -OCH3 is 1. The van der Waals surface area contributed by atoms with Crippen LogP contribution in [0.15, 0.2) is 24.3 Å². The van der Waals surface area contributed by atoms with Crippen LogP contribution in [0.2, 0.25) is 0 Å². The van der Waals surface area contributed by atoms with E-state index in [0.717, 1.165) is 12.8 Å². The minimum Gasteiger partial charge on any atom is -0.382 e. The van der Waals surface area contributed by atoms with Crippen LogP contribution in [0.4, 0.5) is 4.39 Å². The second-order valence-corrected chi connectivity index (χ2v) is 6.04. The molecule has 3 nitrogen and oxygen atoms in total. The summed E-state index contributed by atoms with van der Waals surface area (Å²) in [6.45, 7) is 0.894. The minimum absolute atomic E-state index is 0. The number of halogens is 2. The molecule has 2 heterocycles. The van der Waals surface area contributed by atoms with Crippen molar-refractivity contribution in [2.24, 2.45) is 0 Å². The van der Waals surface area contributed by atoms with Gasteiger partial charge in [-0.3, -0.25) is 0 Å². The second-order valence-electron chi connectivity index (χ2n) is 6.04. The molecular weight excluding hydrogens is 293 g/mol. The molecule has 1 N–H and O–H groups in total. The lowest BCUT2D eigenvalue weighted by atomic mass is 9.88. The highest BCUT2D eigenvalue weighted by molar-refractivity contribution is 5.85. The Bertz CT molecular complexity index is 459. The van der Waals surface area contributed by atoms with E-state index in [-0.39, 0.29) is 23.8 Å². The topological polar surface area (TPSA) is 30.5 Å². The molecule has 0 saturated carbocycles. The zero-order chi connectivity index (χ0) is 14.0. The molecule has 2 fully saturated rings. The first-order chi connectivity index (χ1) is 9.71. The number of hydrogen-bond acceptors (Lipinski definition) is 3. The fourth-order valence-electron chi connectivity index (χ4n) is 3.59. The Morgan fingerprint density at radius 3 is 2.52 bits per heavy atom. The van der Waals surface area contributed by atoms with E-state index < -0.39 is 0 Å². The molecule has 0 aromatic heterocycles. The van der Waals surface area contributed by atoms with Gasteiger partial charge in [0.2, 0.25) is 0 Å². The van der Waals surface area contributed by atoms with Gasteiger partial charge in [-0.25, -0.2) is 4.39 Å². The fourth-order valence-corrected chi connectivity index (χ4v) is 3.59. The Hall–Kier alpha value is -0.680. The van der Waals surface area contributed by atoms with Crippen LogP contribution >= 0.6 is 12.4 Å². The van der Waals surface area contributed by atoms with E-state index in [1.807, 2.05) is 6.07 Å². The molecule has 2 aliphatic heterocycles. The molecule has 2 bridgehead atoms. The summed E-state index contributed by atoms with van der Waals surface area (Å²) in [6.07, 6.45) is 4.32. The maximum Gasteiger partial charge on any atom is 0.128 e. The predicted octanol–water partition coefficient (Wildman–Crippen LogP) is 3.06. The first-order valence-electron chi connectivity index (χ1n) is 7.33. The third-order valence-electron chi connectivity index (χ3n) is 4.47. The van der Waals surface area contributed by atoms with Gasteiger partial charge in [-0.15, -0.1) is 12.4 Å². The van der Waals surface area contributed by atoms with E-state index in [0.29, 0.717) is 30.9 Å². The second kappa shape index (κ2) is 7.05. The van der Waals surface area contributed by atoms with Crippen LogP contribution in [0.25, 0.3) is 0 Å². The number of hydrogen-bond donors (Lipinski definition) is 1. The summed E-state index contributed by atoms with van der Waals surface area (Å²) < 4.78 is 25.2. The van der Waals surface area contributed by atoms with E-state index in [4.69, 9.17) is 9.47 Å². The Balaban J connectivity index is 0.00000161. The maximum atomic E-state index is 13.7. The van der Waals surface area contributed by atoms with Gasteiger partial charge in [-0.2, -0.15) is 0 Å². The molecular formula is C16H23ClFNO2. The van der Waals surface area contributed by atoms with Gasteiger partial charge < -0.3 is 14.8 Å². The maximum absolute atomic E-state index is 13.7. The van der Waals surface area contributed by atoms with Gasteiger partial charge in [0.05, 0.1) is 18.8 Å². The lowest BCUT2D eigenvalue weighted by Gasteiger charge is -2.40. The zero-order valence-corrected chi connectivity index (χ0v) is 13.1. The van der Waals surface area contributed by atoms with Crippen molar-refractivity contribution in [1.82, 2.24) is 5.32 Å². The lowest BCUT2D eigenvalue weighted by molar-refractivity contribution is -0.123. The summed E-state index contributed by atoms with van der Waals surface area (Å²) >= 11 is 0. The average molecular weight is 316 g/mol. The number of nitrogens with one attached hydrogen (secondary N) is 1. The number of ether oxygens (including phenoxy) is 2. The summed E-state index contributed by atoms with van der Waals surface area (Å²) in [5, 5.41) is 3.60. The molecule has 2 atom stereocenters. The molecule has 1 aromatic carbocycles. The normalized spacial score (nSPS) is 31.0. The van der Waals surface area contributed by atoms with Crippen LogP contribution in [0.3, 0.4) is 0 Å². The van der Waals surface area contributed by atoms with Crippen molar-refractivity contribution in [2.75, 3.05) is 13.7 Å². The molecule has 2 saturated heterocycles. The van der Waals surface area contributed by atoms with Gasteiger partial charge >= 0.3 is 0 Å². The highest BCUT2D eigenvalue weighted by Gasteiger charge is 2.44. The molecule has 1 aromatic rings. The average Bonchev–Trinajstić information content (AvgIpc) is 2.78. The van der Waals surface area contributed by atoms with Gasteiger partial charge in [-0.1, -0.05) is 18.2 Å². The van der Waals surface area contributed by atoms with Crippen LogP contribution in [-0.2, 0) is 16.1 Å². The van der Waals surface area contributed by atoms with Crippen molar-refractivity contribution < 1.29 is 13.9 Å². The lowest BCUT2D eigenvalue weighted by Crippen LogP contribution is -2.52. The summed E-state index contributed by atoms with van der Waals surface area (Å²) in [7, 11) is 1.71. The fraction of sp³-hybridized carbons (Fsp3) is 0.625. The molecule has 0 radical (unpaired) electrons. The monoisotopic (exact) mass is 315 g/mol. The molecule has 3 rings (SSSR count). The highest BCUT2D eigenvalue weighted by Crippen LogP contribution is 2.37. The van der Waals surface area contributed by atoms with Crippen LogP contribution in [-0.4, -0.2) is 31.4 Å². The van der Waals surface area contributed by atoms with E-state index in [2.05, 4.69) is 5.32 Å². The number of benzene rings is 1. The Morgan fingerprint density at radius 1 is 1.24 bits per heavy atom. The summed E-state index contributed by atoms with van der Waals surface area (Å²) in [5.74, 6) is -0.197. The van der Waals surface area contributed by atoms with Crippen molar-refractivity contribution in [3.05, 3.63) is 35.6 Å². The molecule has 0 spiro atoms. The van der Waals surface area contributed by atoms with Gasteiger partial charge in [0.15, 0.2) is 0 Å². The van der Waals surface area contributed by atoms with Crippen LogP contribution in [0, 0.1) is 5.82 Å².